The van der Waals surface area contributed by atoms with Crippen LogP contribution in [0.3, 0.4) is 0 Å². The second-order valence-corrected chi connectivity index (χ2v) is 4.14. The van der Waals surface area contributed by atoms with Gasteiger partial charge < -0.3 is 10.1 Å². The van der Waals surface area contributed by atoms with Gasteiger partial charge in [-0.1, -0.05) is 18.2 Å². The maximum Gasteiger partial charge on any atom is 0.128 e. The van der Waals surface area contributed by atoms with Crippen LogP contribution in [0.4, 0.5) is 4.39 Å². The van der Waals surface area contributed by atoms with Gasteiger partial charge in [-0.15, -0.1) is 0 Å². The molecule has 3 heteroatoms. The van der Waals surface area contributed by atoms with Gasteiger partial charge in [0.05, 0.1) is 12.7 Å². The third-order valence-electron chi connectivity index (χ3n) is 2.66. The van der Waals surface area contributed by atoms with Crippen LogP contribution < -0.4 is 5.32 Å². The molecule has 1 N–H and O–H groups in total. The summed E-state index contributed by atoms with van der Waals surface area (Å²) < 4.78 is 18.9. The van der Waals surface area contributed by atoms with Crippen molar-refractivity contribution in [2.24, 2.45) is 0 Å². The van der Waals surface area contributed by atoms with Gasteiger partial charge in [-0.05, 0) is 33.4 Å². The summed E-state index contributed by atoms with van der Waals surface area (Å²) in [6, 6.07) is 7.13. The van der Waals surface area contributed by atoms with Crippen LogP contribution in [-0.4, -0.2) is 19.2 Å². The third-order valence-corrected chi connectivity index (χ3v) is 2.66. The molecule has 0 radical (unpaired) electrons. The van der Waals surface area contributed by atoms with Crippen molar-refractivity contribution in [2.45, 2.75) is 39.0 Å². The van der Waals surface area contributed by atoms with Crippen molar-refractivity contribution >= 4 is 0 Å². The number of hydrogen-bond donors (Lipinski definition) is 1. The van der Waals surface area contributed by atoms with E-state index in [1.807, 2.05) is 20.0 Å². The fourth-order valence-electron chi connectivity index (χ4n) is 1.53. The lowest BCUT2D eigenvalue weighted by molar-refractivity contribution is 0.0409. The van der Waals surface area contributed by atoms with Gasteiger partial charge in [-0.25, -0.2) is 4.39 Å². The minimum atomic E-state index is -0.198. The number of rotatable bonds is 6. The minimum Gasteiger partial charge on any atom is -0.374 e. The lowest BCUT2D eigenvalue weighted by Gasteiger charge is -2.17. The molecule has 2 unspecified atom stereocenters. The molecule has 90 valence electrons. The molecule has 0 aliphatic carbocycles. The van der Waals surface area contributed by atoms with E-state index in [2.05, 4.69) is 12.2 Å². The van der Waals surface area contributed by atoms with Gasteiger partial charge in [0.15, 0.2) is 0 Å². The fourth-order valence-corrected chi connectivity index (χ4v) is 1.53. The largest absolute Gasteiger partial charge is 0.374 e. The Morgan fingerprint density at radius 3 is 2.62 bits per heavy atom. The summed E-state index contributed by atoms with van der Waals surface area (Å²) in [5.74, 6) is -0.198. The monoisotopic (exact) mass is 225 g/mol. The van der Waals surface area contributed by atoms with E-state index in [1.165, 1.54) is 6.07 Å². The van der Waals surface area contributed by atoms with Crippen molar-refractivity contribution in [3.63, 3.8) is 0 Å². The van der Waals surface area contributed by atoms with Crippen LogP contribution in [0.5, 0.6) is 0 Å². The molecule has 0 aromatic heterocycles. The van der Waals surface area contributed by atoms with Gasteiger partial charge >= 0.3 is 0 Å². The third kappa shape index (κ3) is 4.29. The number of benzene rings is 1. The molecule has 0 bridgehead atoms. The Kier molecular flexibility index (Phi) is 5.43. The second-order valence-electron chi connectivity index (χ2n) is 4.14. The van der Waals surface area contributed by atoms with E-state index in [-0.39, 0.29) is 11.9 Å². The quantitative estimate of drug-likeness (QED) is 0.803. The van der Waals surface area contributed by atoms with Crippen LogP contribution in [0.25, 0.3) is 0 Å². The zero-order chi connectivity index (χ0) is 12.0. The first-order chi connectivity index (χ1) is 7.63. The number of ether oxygens (including phenoxy) is 1. The Morgan fingerprint density at radius 1 is 1.31 bits per heavy atom. The molecular weight excluding hydrogens is 205 g/mol. The highest BCUT2D eigenvalue weighted by atomic mass is 19.1. The summed E-state index contributed by atoms with van der Waals surface area (Å²) in [5, 5.41) is 3.15. The van der Waals surface area contributed by atoms with Gasteiger partial charge in [-0.3, -0.25) is 0 Å². The Morgan fingerprint density at radius 2 is 2.00 bits per heavy atom. The Labute approximate surface area is 96.8 Å². The molecule has 1 aromatic carbocycles. The highest BCUT2D eigenvalue weighted by Gasteiger charge is 2.08. The van der Waals surface area contributed by atoms with E-state index >= 15 is 0 Å². The highest BCUT2D eigenvalue weighted by molar-refractivity contribution is 5.16. The van der Waals surface area contributed by atoms with Crippen molar-refractivity contribution in [1.82, 2.24) is 5.32 Å². The molecule has 0 amide bonds. The van der Waals surface area contributed by atoms with Gasteiger partial charge in [0.25, 0.3) is 0 Å². The lowest BCUT2D eigenvalue weighted by Crippen LogP contribution is -2.26. The maximum absolute atomic E-state index is 13.3. The van der Waals surface area contributed by atoms with E-state index in [1.54, 1.807) is 12.1 Å². The Balaban J connectivity index is 2.37. The van der Waals surface area contributed by atoms with Gasteiger partial charge in [0, 0.05) is 11.6 Å². The fraction of sp³-hybridized carbons (Fsp3) is 0.538. The van der Waals surface area contributed by atoms with Gasteiger partial charge in [0.2, 0.25) is 0 Å². The SMILES string of the molecule is CNC(C)CC(C)OCc1ccccc1F. The molecule has 2 nitrogen and oxygen atoms in total. The van der Waals surface area contributed by atoms with E-state index in [9.17, 15) is 4.39 Å². The van der Waals surface area contributed by atoms with Gasteiger partial charge in [0.1, 0.15) is 5.82 Å². The molecule has 2 atom stereocenters. The molecule has 0 heterocycles. The summed E-state index contributed by atoms with van der Waals surface area (Å²) in [5.41, 5.74) is 0.617. The zero-order valence-electron chi connectivity index (χ0n) is 10.2. The Hall–Kier alpha value is -0.930. The van der Waals surface area contributed by atoms with Crippen molar-refractivity contribution in [1.29, 1.82) is 0 Å². The topological polar surface area (TPSA) is 21.3 Å². The number of hydrogen-bond acceptors (Lipinski definition) is 2. The van der Waals surface area contributed by atoms with E-state index < -0.39 is 0 Å². The lowest BCUT2D eigenvalue weighted by atomic mass is 10.1. The van der Waals surface area contributed by atoms with Crippen LogP contribution in [0.15, 0.2) is 24.3 Å². The molecular formula is C13H20FNO. The van der Waals surface area contributed by atoms with Crippen LogP contribution in [0.1, 0.15) is 25.8 Å². The van der Waals surface area contributed by atoms with Crippen LogP contribution >= 0.6 is 0 Å². The standard InChI is InChI=1S/C13H20FNO/c1-10(15-3)8-11(2)16-9-12-6-4-5-7-13(12)14/h4-7,10-11,15H,8-9H2,1-3H3. The summed E-state index contributed by atoms with van der Waals surface area (Å²) in [6.45, 7) is 4.45. The van der Waals surface area contributed by atoms with Crippen LogP contribution in [0, 0.1) is 5.82 Å². The molecule has 0 saturated heterocycles. The average molecular weight is 225 g/mol. The van der Waals surface area contributed by atoms with Crippen molar-refractivity contribution in [3.8, 4) is 0 Å². The molecule has 0 saturated carbocycles. The first-order valence-electron chi connectivity index (χ1n) is 5.65. The van der Waals surface area contributed by atoms with Crippen LogP contribution in [0.2, 0.25) is 0 Å². The Bertz CT molecular complexity index is 317. The molecule has 0 aliphatic rings. The minimum absolute atomic E-state index is 0.127. The van der Waals surface area contributed by atoms with E-state index in [0.717, 1.165) is 6.42 Å². The highest BCUT2D eigenvalue weighted by Crippen LogP contribution is 2.10. The molecule has 1 aromatic rings. The summed E-state index contributed by atoms with van der Waals surface area (Å²) >= 11 is 0. The molecule has 1 rings (SSSR count). The van der Waals surface area contributed by atoms with E-state index in [4.69, 9.17) is 4.74 Å². The summed E-state index contributed by atoms with van der Waals surface area (Å²) in [7, 11) is 1.92. The number of nitrogens with one attached hydrogen (secondary N) is 1. The predicted octanol–water partition coefficient (Wildman–Crippen LogP) is 2.73. The van der Waals surface area contributed by atoms with Crippen molar-refractivity contribution in [3.05, 3.63) is 35.6 Å². The molecule has 16 heavy (non-hydrogen) atoms. The molecule has 0 fully saturated rings. The molecule has 0 spiro atoms. The maximum atomic E-state index is 13.3. The average Bonchev–Trinajstić information content (AvgIpc) is 2.28. The first-order valence-corrected chi connectivity index (χ1v) is 5.65. The predicted molar refractivity (Wildman–Crippen MR) is 63.8 cm³/mol. The van der Waals surface area contributed by atoms with Gasteiger partial charge in [-0.2, -0.15) is 0 Å². The summed E-state index contributed by atoms with van der Waals surface area (Å²) in [4.78, 5) is 0. The second kappa shape index (κ2) is 6.61. The van der Waals surface area contributed by atoms with Crippen molar-refractivity contribution < 1.29 is 9.13 Å². The smallest absolute Gasteiger partial charge is 0.128 e. The normalized spacial score (nSPS) is 14.8. The summed E-state index contributed by atoms with van der Waals surface area (Å²) in [6.07, 6.45) is 1.05. The zero-order valence-corrected chi connectivity index (χ0v) is 10.2. The van der Waals surface area contributed by atoms with Crippen molar-refractivity contribution in [2.75, 3.05) is 7.05 Å². The first kappa shape index (κ1) is 13.1. The number of halogens is 1. The van der Waals surface area contributed by atoms with E-state index in [0.29, 0.717) is 18.2 Å². The molecule has 0 aliphatic heterocycles. The van der Waals surface area contributed by atoms with Crippen LogP contribution in [-0.2, 0) is 11.3 Å².